The third-order valence-electron chi connectivity index (χ3n) is 4.39. The van der Waals surface area contributed by atoms with E-state index in [2.05, 4.69) is 20.5 Å². The monoisotopic (exact) mass is 465 g/mol. The first-order valence-corrected chi connectivity index (χ1v) is 12.1. The van der Waals surface area contributed by atoms with Gasteiger partial charge in [0.2, 0.25) is 11.0 Å². The molecule has 0 bridgehead atoms. The van der Waals surface area contributed by atoms with Crippen LogP contribution < -0.4 is 10.2 Å². The molecule has 1 aliphatic heterocycles. The number of anilines is 3. The summed E-state index contributed by atoms with van der Waals surface area (Å²) >= 11 is 4.32. The Morgan fingerprint density at radius 3 is 3.03 bits per heavy atom. The second-order valence-corrected chi connectivity index (χ2v) is 9.64. The van der Waals surface area contributed by atoms with Gasteiger partial charge in [-0.05, 0) is 25.0 Å². The van der Waals surface area contributed by atoms with Crippen molar-refractivity contribution in [3.8, 4) is 0 Å². The first kappa shape index (κ1) is 21.2. The Labute approximate surface area is 185 Å². The molecule has 2 aromatic heterocycles. The summed E-state index contributed by atoms with van der Waals surface area (Å²) in [6.45, 7) is 2.97. The molecule has 1 aromatic carbocycles. The topological polar surface area (TPSA) is 80.2 Å². The number of amides is 1. The van der Waals surface area contributed by atoms with Crippen molar-refractivity contribution in [2.45, 2.75) is 36.0 Å². The lowest BCUT2D eigenvalue weighted by molar-refractivity contribution is -0.115. The van der Waals surface area contributed by atoms with E-state index in [-0.39, 0.29) is 17.7 Å². The average molecular weight is 466 g/mol. The SMILES string of the molecule is CC(=O)N(c1nc(CSc2nnc(NCC3CCCO3)s2)cs1)c1ccccc1F. The van der Waals surface area contributed by atoms with Gasteiger partial charge < -0.3 is 10.1 Å². The number of aromatic nitrogens is 3. The van der Waals surface area contributed by atoms with Gasteiger partial charge >= 0.3 is 0 Å². The van der Waals surface area contributed by atoms with Crippen LogP contribution in [-0.4, -0.2) is 40.3 Å². The summed E-state index contributed by atoms with van der Waals surface area (Å²) in [5.41, 5.74) is 0.997. The van der Waals surface area contributed by atoms with Gasteiger partial charge in [-0.15, -0.1) is 21.5 Å². The van der Waals surface area contributed by atoms with Gasteiger partial charge in [0, 0.05) is 31.2 Å². The molecule has 30 heavy (non-hydrogen) atoms. The summed E-state index contributed by atoms with van der Waals surface area (Å²) in [6, 6.07) is 6.18. The molecule has 0 spiro atoms. The molecule has 11 heteroatoms. The van der Waals surface area contributed by atoms with Gasteiger partial charge in [0.25, 0.3) is 0 Å². The average Bonchev–Trinajstić information content (AvgIpc) is 3.49. The minimum atomic E-state index is -0.462. The van der Waals surface area contributed by atoms with Crippen LogP contribution in [0.25, 0.3) is 0 Å². The Balaban J connectivity index is 1.36. The van der Waals surface area contributed by atoms with Crippen molar-refractivity contribution in [2.24, 2.45) is 0 Å². The molecule has 7 nitrogen and oxygen atoms in total. The van der Waals surface area contributed by atoms with E-state index in [4.69, 9.17) is 4.74 Å². The van der Waals surface area contributed by atoms with Crippen LogP contribution in [0.1, 0.15) is 25.5 Å². The van der Waals surface area contributed by atoms with E-state index in [1.165, 1.54) is 52.3 Å². The van der Waals surface area contributed by atoms with Crippen molar-refractivity contribution in [1.29, 1.82) is 0 Å². The Morgan fingerprint density at radius 1 is 1.40 bits per heavy atom. The predicted octanol–water partition coefficient (Wildman–Crippen LogP) is 4.70. The molecule has 1 saturated heterocycles. The zero-order valence-electron chi connectivity index (χ0n) is 16.2. The number of halogens is 1. The number of nitrogens with one attached hydrogen (secondary N) is 1. The third-order valence-corrected chi connectivity index (χ3v) is 7.32. The largest absolute Gasteiger partial charge is 0.376 e. The number of rotatable bonds is 8. The number of para-hydroxylation sites is 1. The number of benzene rings is 1. The second kappa shape index (κ2) is 9.82. The van der Waals surface area contributed by atoms with Crippen LogP contribution in [0.2, 0.25) is 0 Å². The summed E-state index contributed by atoms with van der Waals surface area (Å²) in [6.07, 6.45) is 2.43. The van der Waals surface area contributed by atoms with Gasteiger partial charge in [0.15, 0.2) is 9.47 Å². The molecule has 1 unspecified atom stereocenters. The number of thiazole rings is 1. The Morgan fingerprint density at radius 2 is 2.27 bits per heavy atom. The van der Waals surface area contributed by atoms with E-state index >= 15 is 0 Å². The molecular weight excluding hydrogens is 445 g/mol. The second-order valence-electron chi connectivity index (χ2n) is 6.60. The van der Waals surface area contributed by atoms with Gasteiger partial charge in [0.05, 0.1) is 17.5 Å². The number of carbonyl (C=O) groups excluding carboxylic acids is 1. The van der Waals surface area contributed by atoms with Gasteiger partial charge in [0.1, 0.15) is 5.82 Å². The fourth-order valence-electron chi connectivity index (χ4n) is 2.99. The molecule has 3 aromatic rings. The lowest BCUT2D eigenvalue weighted by Gasteiger charge is -2.18. The fourth-order valence-corrected chi connectivity index (χ4v) is 5.62. The van der Waals surface area contributed by atoms with E-state index in [0.29, 0.717) is 10.9 Å². The lowest BCUT2D eigenvalue weighted by atomic mass is 10.2. The van der Waals surface area contributed by atoms with E-state index in [1.54, 1.807) is 18.2 Å². The third kappa shape index (κ3) is 5.15. The van der Waals surface area contributed by atoms with Crippen molar-refractivity contribution in [3.05, 3.63) is 41.2 Å². The van der Waals surface area contributed by atoms with Crippen LogP contribution >= 0.6 is 34.4 Å². The highest BCUT2D eigenvalue weighted by Gasteiger charge is 2.21. The minimum absolute atomic E-state index is 0.199. The Hall–Kier alpha value is -2.08. The van der Waals surface area contributed by atoms with Gasteiger partial charge in [-0.25, -0.2) is 9.37 Å². The van der Waals surface area contributed by atoms with Crippen LogP contribution in [0.5, 0.6) is 0 Å². The van der Waals surface area contributed by atoms with Crippen molar-refractivity contribution in [3.63, 3.8) is 0 Å². The number of thioether (sulfide) groups is 1. The van der Waals surface area contributed by atoms with Crippen molar-refractivity contribution < 1.29 is 13.9 Å². The summed E-state index contributed by atoms with van der Waals surface area (Å²) in [5, 5.41) is 14.7. The van der Waals surface area contributed by atoms with E-state index in [9.17, 15) is 9.18 Å². The summed E-state index contributed by atoms with van der Waals surface area (Å²) < 4.78 is 20.6. The molecule has 1 amide bonds. The molecule has 1 N–H and O–H groups in total. The van der Waals surface area contributed by atoms with Crippen LogP contribution in [0.3, 0.4) is 0 Å². The highest BCUT2D eigenvalue weighted by molar-refractivity contribution is 8.00. The molecular formula is C19H20FN5O2S3. The maximum absolute atomic E-state index is 14.2. The van der Waals surface area contributed by atoms with Gasteiger partial charge in [-0.3, -0.25) is 9.69 Å². The highest BCUT2D eigenvalue weighted by Crippen LogP contribution is 2.33. The molecule has 0 saturated carbocycles. The summed E-state index contributed by atoms with van der Waals surface area (Å²) in [5.74, 6) is -0.171. The first-order chi connectivity index (χ1) is 14.6. The number of hydrogen-bond donors (Lipinski definition) is 1. The summed E-state index contributed by atoms with van der Waals surface area (Å²) in [7, 11) is 0. The standard InChI is InChI=1S/C19H20FN5O2S3/c1-12(26)25(16-7-3-2-6-15(16)20)18-22-13(10-28-18)11-29-19-24-23-17(30-19)21-9-14-5-4-8-27-14/h2-3,6-7,10,14H,4-5,8-9,11H2,1H3,(H,21,23). The van der Waals surface area contributed by atoms with Crippen molar-refractivity contribution >= 4 is 56.3 Å². The molecule has 3 heterocycles. The predicted molar refractivity (Wildman–Crippen MR) is 118 cm³/mol. The molecule has 0 aliphatic carbocycles. The highest BCUT2D eigenvalue weighted by atomic mass is 32.2. The number of nitrogens with zero attached hydrogens (tertiary/aromatic N) is 4. The normalized spacial score (nSPS) is 16.0. The molecule has 0 radical (unpaired) electrons. The maximum atomic E-state index is 14.2. The van der Waals surface area contributed by atoms with Gasteiger partial charge in [-0.2, -0.15) is 0 Å². The molecule has 1 fully saturated rings. The van der Waals surface area contributed by atoms with Crippen LogP contribution in [0.4, 0.5) is 20.3 Å². The van der Waals surface area contributed by atoms with Crippen LogP contribution in [-0.2, 0) is 15.3 Å². The Bertz CT molecular complexity index is 1010. The molecule has 1 atom stereocenters. The zero-order chi connectivity index (χ0) is 20.9. The lowest BCUT2D eigenvalue weighted by Crippen LogP contribution is -2.23. The molecule has 4 rings (SSSR count). The van der Waals surface area contributed by atoms with E-state index in [0.717, 1.165) is 41.2 Å². The number of ether oxygens (including phenoxy) is 1. The minimum Gasteiger partial charge on any atom is -0.376 e. The maximum Gasteiger partial charge on any atom is 0.230 e. The summed E-state index contributed by atoms with van der Waals surface area (Å²) in [4.78, 5) is 18.0. The van der Waals surface area contributed by atoms with Gasteiger partial charge in [-0.1, -0.05) is 35.2 Å². The van der Waals surface area contributed by atoms with Crippen LogP contribution in [0.15, 0.2) is 34.0 Å². The number of carbonyl (C=O) groups is 1. The van der Waals surface area contributed by atoms with E-state index < -0.39 is 5.82 Å². The fraction of sp³-hybridized carbons (Fsp3) is 0.368. The van der Waals surface area contributed by atoms with E-state index in [1.807, 2.05) is 5.38 Å². The van der Waals surface area contributed by atoms with Crippen molar-refractivity contribution in [2.75, 3.05) is 23.4 Å². The zero-order valence-corrected chi connectivity index (χ0v) is 18.7. The Kier molecular flexibility index (Phi) is 6.93. The molecule has 158 valence electrons. The number of hydrogen-bond acceptors (Lipinski definition) is 9. The first-order valence-electron chi connectivity index (χ1n) is 9.41. The molecule has 1 aliphatic rings. The quantitative estimate of drug-likeness (QED) is 0.483. The smallest absolute Gasteiger partial charge is 0.230 e. The van der Waals surface area contributed by atoms with Crippen molar-refractivity contribution in [1.82, 2.24) is 15.2 Å². The van der Waals surface area contributed by atoms with Crippen LogP contribution in [0, 0.1) is 5.82 Å².